The zero-order valence-corrected chi connectivity index (χ0v) is 16.5. The molecule has 146 valence electrons. The molecule has 0 saturated carbocycles. The number of nitrogens with zero attached hydrogens (tertiary/aromatic N) is 2. The molecule has 6 heteroatoms. The van der Waals surface area contributed by atoms with Gasteiger partial charge in [0.15, 0.2) is 5.96 Å². The van der Waals surface area contributed by atoms with Gasteiger partial charge >= 0.3 is 0 Å². The number of aliphatic imine (C=N–C) groups is 1. The number of benzene rings is 1. The van der Waals surface area contributed by atoms with E-state index in [9.17, 15) is 0 Å². The van der Waals surface area contributed by atoms with Gasteiger partial charge in [0.1, 0.15) is 5.75 Å². The van der Waals surface area contributed by atoms with Crippen molar-refractivity contribution >= 4 is 5.96 Å². The molecule has 1 aromatic rings. The lowest BCUT2D eigenvalue weighted by molar-refractivity contribution is 0.0389. The zero-order valence-electron chi connectivity index (χ0n) is 16.5. The van der Waals surface area contributed by atoms with Crippen LogP contribution in [0.3, 0.4) is 0 Å². The van der Waals surface area contributed by atoms with Crippen molar-refractivity contribution in [2.24, 2.45) is 10.9 Å². The Labute approximate surface area is 158 Å². The maximum atomic E-state index is 5.72. The maximum absolute atomic E-state index is 5.72. The highest BCUT2D eigenvalue weighted by atomic mass is 16.5. The lowest BCUT2D eigenvalue weighted by atomic mass is 10.2. The molecule has 0 unspecified atom stereocenters. The summed E-state index contributed by atoms with van der Waals surface area (Å²) in [6.07, 6.45) is 0. The SMILES string of the molecule is CCNC(=NCc1ccc(OCC(C)C)cc1)NCCN1CCOCC1. The summed E-state index contributed by atoms with van der Waals surface area (Å²) < 4.78 is 11.1. The standard InChI is InChI=1S/C20H34N4O2/c1-4-21-20(22-9-10-24-11-13-25-14-12-24)23-15-18-5-7-19(8-6-18)26-16-17(2)3/h5-8,17H,4,9-16H2,1-3H3,(H2,21,22,23). The molecule has 0 spiro atoms. The average molecular weight is 363 g/mol. The largest absolute Gasteiger partial charge is 0.493 e. The molecule has 1 fully saturated rings. The fourth-order valence-electron chi connectivity index (χ4n) is 2.62. The Hall–Kier alpha value is -1.79. The van der Waals surface area contributed by atoms with Crippen molar-refractivity contribution < 1.29 is 9.47 Å². The number of nitrogens with one attached hydrogen (secondary N) is 2. The Balaban J connectivity index is 1.77. The third-order valence-corrected chi connectivity index (χ3v) is 4.09. The summed E-state index contributed by atoms with van der Waals surface area (Å²) in [5.74, 6) is 2.31. The van der Waals surface area contributed by atoms with E-state index in [0.29, 0.717) is 12.5 Å². The summed E-state index contributed by atoms with van der Waals surface area (Å²) in [6, 6.07) is 8.20. The van der Waals surface area contributed by atoms with Crippen LogP contribution in [0.25, 0.3) is 0 Å². The van der Waals surface area contributed by atoms with Gasteiger partial charge in [-0.1, -0.05) is 26.0 Å². The first kappa shape index (κ1) is 20.5. The molecule has 0 atom stereocenters. The Morgan fingerprint density at radius 2 is 1.92 bits per heavy atom. The van der Waals surface area contributed by atoms with E-state index in [4.69, 9.17) is 9.47 Å². The lowest BCUT2D eigenvalue weighted by Gasteiger charge is -2.26. The van der Waals surface area contributed by atoms with E-state index in [1.807, 2.05) is 12.1 Å². The molecule has 1 heterocycles. The molecule has 0 aromatic heterocycles. The van der Waals surface area contributed by atoms with E-state index in [2.05, 4.69) is 53.4 Å². The summed E-state index contributed by atoms with van der Waals surface area (Å²) in [5.41, 5.74) is 1.17. The van der Waals surface area contributed by atoms with Crippen LogP contribution in [0.2, 0.25) is 0 Å². The first-order chi connectivity index (χ1) is 12.7. The third kappa shape index (κ3) is 8.06. The van der Waals surface area contributed by atoms with Gasteiger partial charge in [-0.3, -0.25) is 4.90 Å². The van der Waals surface area contributed by atoms with E-state index in [1.54, 1.807) is 0 Å². The molecule has 1 aliphatic heterocycles. The molecule has 1 aromatic carbocycles. The average Bonchev–Trinajstić information content (AvgIpc) is 2.66. The van der Waals surface area contributed by atoms with Crippen molar-refractivity contribution in [3.8, 4) is 5.75 Å². The molecule has 2 N–H and O–H groups in total. The minimum absolute atomic E-state index is 0.533. The molecular weight excluding hydrogens is 328 g/mol. The second-order valence-corrected chi connectivity index (χ2v) is 6.92. The first-order valence-electron chi connectivity index (χ1n) is 9.71. The van der Waals surface area contributed by atoms with Gasteiger partial charge in [-0.25, -0.2) is 4.99 Å². The smallest absolute Gasteiger partial charge is 0.191 e. The Kier molecular flexibility index (Phi) is 9.28. The van der Waals surface area contributed by atoms with Crippen molar-refractivity contribution in [2.45, 2.75) is 27.3 Å². The molecule has 26 heavy (non-hydrogen) atoms. The highest BCUT2D eigenvalue weighted by Crippen LogP contribution is 2.13. The lowest BCUT2D eigenvalue weighted by Crippen LogP contribution is -2.44. The van der Waals surface area contributed by atoms with Gasteiger partial charge < -0.3 is 20.1 Å². The molecule has 2 rings (SSSR count). The molecule has 1 aliphatic rings. The topological polar surface area (TPSA) is 58.1 Å². The van der Waals surface area contributed by atoms with E-state index >= 15 is 0 Å². The highest BCUT2D eigenvalue weighted by Gasteiger charge is 2.09. The summed E-state index contributed by atoms with van der Waals surface area (Å²) in [5, 5.41) is 6.72. The minimum atomic E-state index is 0.533. The second kappa shape index (κ2) is 11.8. The fourth-order valence-corrected chi connectivity index (χ4v) is 2.62. The molecule has 1 saturated heterocycles. The van der Waals surface area contributed by atoms with Gasteiger partial charge in [0, 0.05) is 32.7 Å². The van der Waals surface area contributed by atoms with Crippen LogP contribution in [0.4, 0.5) is 0 Å². The van der Waals surface area contributed by atoms with Crippen molar-refractivity contribution in [1.82, 2.24) is 15.5 Å². The van der Waals surface area contributed by atoms with Crippen molar-refractivity contribution in [1.29, 1.82) is 0 Å². The van der Waals surface area contributed by atoms with Gasteiger partial charge in [0.25, 0.3) is 0 Å². The van der Waals surface area contributed by atoms with Crippen LogP contribution < -0.4 is 15.4 Å². The molecule has 6 nitrogen and oxygen atoms in total. The van der Waals surface area contributed by atoms with Crippen LogP contribution in [-0.2, 0) is 11.3 Å². The van der Waals surface area contributed by atoms with E-state index in [1.165, 1.54) is 5.56 Å². The van der Waals surface area contributed by atoms with Gasteiger partial charge in [0.2, 0.25) is 0 Å². The van der Waals surface area contributed by atoms with E-state index < -0.39 is 0 Å². The van der Waals surface area contributed by atoms with Crippen LogP contribution in [0, 0.1) is 5.92 Å². The van der Waals surface area contributed by atoms with Crippen molar-refractivity contribution in [2.75, 3.05) is 52.5 Å². The highest BCUT2D eigenvalue weighted by molar-refractivity contribution is 5.79. The Morgan fingerprint density at radius 1 is 1.19 bits per heavy atom. The number of hydrogen-bond acceptors (Lipinski definition) is 4. The maximum Gasteiger partial charge on any atom is 0.191 e. The van der Waals surface area contributed by atoms with Crippen LogP contribution in [-0.4, -0.2) is 63.4 Å². The van der Waals surface area contributed by atoms with Crippen LogP contribution in [0.1, 0.15) is 26.3 Å². The van der Waals surface area contributed by atoms with Crippen LogP contribution in [0.5, 0.6) is 5.75 Å². The van der Waals surface area contributed by atoms with Gasteiger partial charge in [0.05, 0.1) is 26.4 Å². The molecule has 0 bridgehead atoms. The number of hydrogen-bond donors (Lipinski definition) is 2. The second-order valence-electron chi connectivity index (χ2n) is 6.92. The Morgan fingerprint density at radius 3 is 2.58 bits per heavy atom. The van der Waals surface area contributed by atoms with Gasteiger partial charge in [-0.15, -0.1) is 0 Å². The van der Waals surface area contributed by atoms with Crippen LogP contribution in [0.15, 0.2) is 29.3 Å². The summed E-state index contributed by atoms with van der Waals surface area (Å²) in [6.45, 7) is 14.2. The van der Waals surface area contributed by atoms with Crippen molar-refractivity contribution in [3.05, 3.63) is 29.8 Å². The van der Waals surface area contributed by atoms with Crippen LogP contribution >= 0.6 is 0 Å². The quantitative estimate of drug-likeness (QED) is 0.520. The van der Waals surface area contributed by atoms with Gasteiger partial charge in [-0.05, 0) is 30.5 Å². The summed E-state index contributed by atoms with van der Waals surface area (Å²) >= 11 is 0. The molecule has 0 aliphatic carbocycles. The number of ether oxygens (including phenoxy) is 2. The molecular formula is C20H34N4O2. The first-order valence-corrected chi connectivity index (χ1v) is 9.71. The third-order valence-electron chi connectivity index (χ3n) is 4.09. The Bertz CT molecular complexity index is 525. The summed E-state index contributed by atoms with van der Waals surface area (Å²) in [4.78, 5) is 7.09. The minimum Gasteiger partial charge on any atom is -0.493 e. The molecule has 0 amide bonds. The van der Waals surface area contributed by atoms with E-state index in [-0.39, 0.29) is 0 Å². The number of rotatable bonds is 9. The number of morpholine rings is 1. The summed E-state index contributed by atoms with van der Waals surface area (Å²) in [7, 11) is 0. The fraction of sp³-hybridized carbons (Fsp3) is 0.650. The predicted octanol–water partition coefficient (Wildman–Crippen LogP) is 2.11. The number of guanidine groups is 1. The normalized spacial score (nSPS) is 15.9. The molecule has 0 radical (unpaired) electrons. The monoisotopic (exact) mass is 362 g/mol. The zero-order chi connectivity index (χ0) is 18.6. The van der Waals surface area contributed by atoms with Gasteiger partial charge in [-0.2, -0.15) is 0 Å². The van der Waals surface area contributed by atoms with Crippen molar-refractivity contribution in [3.63, 3.8) is 0 Å². The predicted molar refractivity (Wildman–Crippen MR) is 107 cm³/mol. The van der Waals surface area contributed by atoms with E-state index in [0.717, 1.165) is 64.3 Å².